The monoisotopic (exact) mass is 463 g/mol. The third-order valence-corrected chi connectivity index (χ3v) is 5.62. The minimum Gasteiger partial charge on any atom is -0.480 e. The zero-order valence-electron chi connectivity index (χ0n) is 18.8. The fourth-order valence-electron chi connectivity index (χ4n) is 4.10. The van der Waals surface area contributed by atoms with Gasteiger partial charge in [-0.25, -0.2) is 9.59 Å². The molecule has 176 valence electrons. The summed E-state index contributed by atoms with van der Waals surface area (Å²) >= 11 is 0. The maximum Gasteiger partial charge on any atom is 0.414 e. The van der Waals surface area contributed by atoms with Crippen molar-refractivity contribution in [2.75, 3.05) is 11.9 Å². The first kappa shape index (κ1) is 23.0. The SMILES string of the molecule is CC(C)C[C@H](NC(=O)c1cc(NC(=O)OCC2c3ccccc3-c3ccccc32)on1)C(=O)O. The van der Waals surface area contributed by atoms with Gasteiger partial charge in [-0.2, -0.15) is 0 Å². The van der Waals surface area contributed by atoms with Gasteiger partial charge in [0, 0.05) is 12.0 Å². The van der Waals surface area contributed by atoms with Crippen LogP contribution in [0, 0.1) is 5.92 Å². The van der Waals surface area contributed by atoms with Crippen LogP contribution in [-0.2, 0) is 9.53 Å². The standard InChI is InChI=1S/C25H25N3O6/c1-14(2)11-21(24(30)31)26-23(29)20-12-22(34-28-20)27-25(32)33-13-19-17-9-5-3-7-15(17)16-8-4-6-10-18(16)19/h3-10,12,14,19,21H,11,13H2,1-2H3,(H,26,29)(H,27,32)(H,30,31)/t21-/m0/s1. The summed E-state index contributed by atoms with van der Waals surface area (Å²) in [6, 6.07) is 16.2. The third kappa shape index (κ3) is 4.93. The maximum atomic E-state index is 12.4. The van der Waals surface area contributed by atoms with Crippen LogP contribution in [0.3, 0.4) is 0 Å². The van der Waals surface area contributed by atoms with Gasteiger partial charge in [0.25, 0.3) is 5.91 Å². The maximum absolute atomic E-state index is 12.4. The second kappa shape index (κ2) is 9.78. The zero-order valence-corrected chi connectivity index (χ0v) is 18.8. The lowest BCUT2D eigenvalue weighted by Crippen LogP contribution is -2.41. The highest BCUT2D eigenvalue weighted by molar-refractivity contribution is 5.96. The van der Waals surface area contributed by atoms with E-state index in [4.69, 9.17) is 9.26 Å². The largest absolute Gasteiger partial charge is 0.480 e. The second-order valence-electron chi connectivity index (χ2n) is 8.52. The van der Waals surface area contributed by atoms with Gasteiger partial charge in [-0.15, -0.1) is 0 Å². The van der Waals surface area contributed by atoms with Gasteiger partial charge in [0.2, 0.25) is 5.88 Å². The van der Waals surface area contributed by atoms with Crippen molar-refractivity contribution in [2.24, 2.45) is 5.92 Å². The Bertz CT molecular complexity index is 1170. The lowest BCUT2D eigenvalue weighted by Gasteiger charge is -2.15. The molecule has 1 aliphatic rings. The molecule has 9 heteroatoms. The summed E-state index contributed by atoms with van der Waals surface area (Å²) in [5.74, 6) is -1.95. The Kier molecular flexibility index (Phi) is 6.62. The molecule has 1 aromatic heterocycles. The van der Waals surface area contributed by atoms with Crippen LogP contribution in [-0.4, -0.2) is 40.9 Å². The molecule has 4 rings (SSSR count). The van der Waals surface area contributed by atoms with Crippen molar-refractivity contribution in [1.82, 2.24) is 10.5 Å². The Balaban J connectivity index is 1.36. The van der Waals surface area contributed by atoms with E-state index in [9.17, 15) is 19.5 Å². The average Bonchev–Trinajstić information content (AvgIpc) is 3.39. The Morgan fingerprint density at radius 2 is 1.68 bits per heavy atom. The van der Waals surface area contributed by atoms with E-state index < -0.39 is 24.0 Å². The van der Waals surface area contributed by atoms with E-state index in [-0.39, 0.29) is 36.4 Å². The first-order valence-corrected chi connectivity index (χ1v) is 11.0. The summed E-state index contributed by atoms with van der Waals surface area (Å²) in [7, 11) is 0. The first-order chi connectivity index (χ1) is 16.3. The van der Waals surface area contributed by atoms with Crippen molar-refractivity contribution < 1.29 is 28.8 Å². The highest BCUT2D eigenvalue weighted by atomic mass is 16.6. The number of hydrogen-bond acceptors (Lipinski definition) is 6. The zero-order chi connectivity index (χ0) is 24.2. The van der Waals surface area contributed by atoms with Gasteiger partial charge in [-0.1, -0.05) is 67.5 Å². The number of nitrogens with one attached hydrogen (secondary N) is 2. The Labute approximate surface area is 196 Å². The van der Waals surface area contributed by atoms with Gasteiger partial charge in [-0.3, -0.25) is 10.1 Å². The molecular formula is C25H25N3O6. The summed E-state index contributed by atoms with van der Waals surface area (Å²) in [5, 5.41) is 17.7. The fourth-order valence-corrected chi connectivity index (χ4v) is 4.10. The summed E-state index contributed by atoms with van der Waals surface area (Å²) in [6.45, 7) is 3.83. The van der Waals surface area contributed by atoms with Gasteiger partial charge < -0.3 is 19.7 Å². The molecule has 1 heterocycles. The minimum absolute atomic E-state index is 0.0736. The van der Waals surface area contributed by atoms with Crippen LogP contribution in [0.25, 0.3) is 11.1 Å². The van der Waals surface area contributed by atoms with Gasteiger partial charge in [0.1, 0.15) is 12.6 Å². The first-order valence-electron chi connectivity index (χ1n) is 11.0. The number of rotatable bonds is 8. The van der Waals surface area contributed by atoms with Crippen LogP contribution >= 0.6 is 0 Å². The predicted octanol–water partition coefficient (Wildman–Crippen LogP) is 4.26. The number of carboxylic acid groups (broad SMARTS) is 1. The molecule has 34 heavy (non-hydrogen) atoms. The Morgan fingerprint density at radius 3 is 2.26 bits per heavy atom. The van der Waals surface area contributed by atoms with Crippen molar-refractivity contribution in [1.29, 1.82) is 0 Å². The molecule has 0 aliphatic heterocycles. The van der Waals surface area contributed by atoms with Gasteiger partial charge >= 0.3 is 12.1 Å². The van der Waals surface area contributed by atoms with Crippen molar-refractivity contribution in [3.63, 3.8) is 0 Å². The van der Waals surface area contributed by atoms with Crippen LogP contribution in [0.4, 0.5) is 10.7 Å². The lowest BCUT2D eigenvalue weighted by molar-refractivity contribution is -0.139. The number of benzene rings is 2. The van der Waals surface area contributed by atoms with E-state index >= 15 is 0 Å². The minimum atomic E-state index is -1.14. The van der Waals surface area contributed by atoms with Crippen molar-refractivity contribution in [3.05, 3.63) is 71.4 Å². The van der Waals surface area contributed by atoms with Gasteiger partial charge in [0.15, 0.2) is 5.69 Å². The molecule has 1 atom stereocenters. The van der Waals surface area contributed by atoms with Gasteiger partial charge in [-0.05, 0) is 34.6 Å². The Hall–Kier alpha value is -4.14. The van der Waals surface area contributed by atoms with Crippen molar-refractivity contribution >= 4 is 23.9 Å². The van der Waals surface area contributed by atoms with Crippen molar-refractivity contribution in [2.45, 2.75) is 32.2 Å². The van der Waals surface area contributed by atoms with Gasteiger partial charge in [0.05, 0.1) is 0 Å². The normalized spacial score (nSPS) is 13.1. The number of ether oxygens (including phenoxy) is 1. The van der Waals surface area contributed by atoms with Crippen LogP contribution in [0.5, 0.6) is 0 Å². The molecule has 0 saturated carbocycles. The van der Waals surface area contributed by atoms with Crippen LogP contribution < -0.4 is 10.6 Å². The number of nitrogens with zero attached hydrogens (tertiary/aromatic N) is 1. The molecule has 3 aromatic rings. The van der Waals surface area contributed by atoms with E-state index in [1.54, 1.807) is 0 Å². The average molecular weight is 463 g/mol. The van der Waals surface area contributed by atoms with Crippen LogP contribution in [0.1, 0.15) is 47.8 Å². The number of hydrogen-bond donors (Lipinski definition) is 3. The molecule has 0 bridgehead atoms. The molecule has 2 aromatic carbocycles. The quantitative estimate of drug-likeness (QED) is 0.455. The summed E-state index contributed by atoms with van der Waals surface area (Å²) < 4.78 is 10.4. The smallest absolute Gasteiger partial charge is 0.414 e. The number of carbonyl (C=O) groups is 3. The summed E-state index contributed by atoms with van der Waals surface area (Å²) in [4.78, 5) is 36.0. The molecule has 9 nitrogen and oxygen atoms in total. The summed E-state index contributed by atoms with van der Waals surface area (Å²) in [6.07, 6.45) is -0.489. The number of carbonyl (C=O) groups excluding carboxylic acids is 2. The number of fused-ring (bicyclic) bond motifs is 3. The van der Waals surface area contributed by atoms with Crippen LogP contribution in [0.2, 0.25) is 0 Å². The number of amides is 2. The summed E-state index contributed by atoms with van der Waals surface area (Å²) in [5.41, 5.74) is 4.27. The molecule has 0 saturated heterocycles. The highest BCUT2D eigenvalue weighted by Gasteiger charge is 2.29. The predicted molar refractivity (Wildman–Crippen MR) is 124 cm³/mol. The number of carboxylic acids is 1. The van der Waals surface area contributed by atoms with Crippen LogP contribution in [0.15, 0.2) is 59.1 Å². The van der Waals surface area contributed by atoms with E-state index in [0.717, 1.165) is 22.3 Å². The van der Waals surface area contributed by atoms with E-state index in [0.29, 0.717) is 0 Å². The second-order valence-corrected chi connectivity index (χ2v) is 8.52. The molecule has 0 spiro atoms. The van der Waals surface area contributed by atoms with E-state index in [1.165, 1.54) is 6.07 Å². The number of aliphatic carboxylic acids is 1. The molecule has 0 fully saturated rings. The number of anilines is 1. The number of aromatic nitrogens is 1. The Morgan fingerprint density at radius 1 is 1.06 bits per heavy atom. The third-order valence-electron chi connectivity index (χ3n) is 5.62. The highest BCUT2D eigenvalue weighted by Crippen LogP contribution is 2.44. The van der Waals surface area contributed by atoms with E-state index in [2.05, 4.69) is 15.8 Å². The molecule has 0 unspecified atom stereocenters. The molecule has 3 N–H and O–H groups in total. The molecule has 0 radical (unpaired) electrons. The molecule has 1 aliphatic carbocycles. The van der Waals surface area contributed by atoms with E-state index in [1.807, 2.05) is 62.4 Å². The topological polar surface area (TPSA) is 131 Å². The molecule has 2 amide bonds. The molecular weight excluding hydrogens is 438 g/mol. The van der Waals surface area contributed by atoms with Crippen molar-refractivity contribution in [3.8, 4) is 11.1 Å². The lowest BCUT2D eigenvalue weighted by atomic mass is 9.98. The fraction of sp³-hybridized carbons (Fsp3) is 0.280.